The van der Waals surface area contributed by atoms with Gasteiger partial charge in [-0.3, -0.25) is 9.89 Å². The van der Waals surface area contributed by atoms with Gasteiger partial charge in [-0.2, -0.15) is 0 Å². The normalized spacial score (nSPS) is 18.7. The van der Waals surface area contributed by atoms with Gasteiger partial charge in [0.05, 0.1) is 5.01 Å². The van der Waals surface area contributed by atoms with E-state index in [2.05, 4.69) is 62.8 Å². The fourth-order valence-corrected chi connectivity index (χ4v) is 4.14. The van der Waals surface area contributed by atoms with E-state index in [0.717, 1.165) is 32.0 Å². The number of likely N-dealkylation sites (tertiary alicyclic amines) is 1. The molecule has 1 aliphatic rings. The number of aryl methyl sites for hydroxylation is 1. The summed E-state index contributed by atoms with van der Waals surface area (Å²) in [6, 6.07) is 11.2. The maximum Gasteiger partial charge on any atom is 0.191 e. The number of aliphatic imine (C=N–C) groups is 1. The topological polar surface area (TPSA) is 52.6 Å². The van der Waals surface area contributed by atoms with Gasteiger partial charge in [0.25, 0.3) is 0 Å². The second kappa shape index (κ2) is 9.69. The molecule has 1 aliphatic heterocycles. The second-order valence-electron chi connectivity index (χ2n) is 6.82. The van der Waals surface area contributed by atoms with Crippen LogP contribution in [0.4, 0.5) is 0 Å². The molecule has 0 spiro atoms. The van der Waals surface area contributed by atoms with Crippen molar-refractivity contribution < 1.29 is 0 Å². The number of hydrogen-bond acceptors (Lipinski definition) is 4. The highest BCUT2D eigenvalue weighted by Crippen LogP contribution is 2.14. The van der Waals surface area contributed by atoms with E-state index in [1.807, 2.05) is 13.2 Å². The molecule has 1 aromatic heterocycles. The third kappa shape index (κ3) is 5.81. The Bertz CT molecular complexity index is 697. The van der Waals surface area contributed by atoms with Crippen molar-refractivity contribution in [3.8, 4) is 0 Å². The van der Waals surface area contributed by atoms with E-state index in [1.165, 1.54) is 34.8 Å². The summed E-state index contributed by atoms with van der Waals surface area (Å²) in [5.74, 6) is 0.893. The van der Waals surface area contributed by atoms with E-state index < -0.39 is 0 Å². The van der Waals surface area contributed by atoms with Crippen molar-refractivity contribution in [3.63, 3.8) is 0 Å². The molecule has 5 nitrogen and oxygen atoms in total. The van der Waals surface area contributed by atoms with Gasteiger partial charge in [0.1, 0.15) is 0 Å². The molecule has 6 heteroatoms. The molecule has 140 valence electrons. The fourth-order valence-electron chi connectivity index (χ4n) is 3.35. The average Bonchev–Trinajstić information content (AvgIpc) is 3.07. The van der Waals surface area contributed by atoms with Crippen molar-refractivity contribution in [2.45, 2.75) is 38.8 Å². The lowest BCUT2D eigenvalue weighted by Gasteiger charge is -2.34. The van der Waals surface area contributed by atoms with Crippen LogP contribution < -0.4 is 10.6 Å². The maximum absolute atomic E-state index is 4.42. The van der Waals surface area contributed by atoms with E-state index in [9.17, 15) is 0 Å². The molecule has 1 unspecified atom stereocenters. The lowest BCUT2D eigenvalue weighted by Crippen LogP contribution is -2.51. The largest absolute Gasteiger partial charge is 0.356 e. The Morgan fingerprint density at radius 3 is 2.92 bits per heavy atom. The van der Waals surface area contributed by atoms with Gasteiger partial charge < -0.3 is 10.6 Å². The molecule has 0 bridgehead atoms. The quantitative estimate of drug-likeness (QED) is 0.606. The molecular formula is C20H29N5S. The number of thiazole rings is 1. The SMILES string of the molecule is CN=C(NCCc1ncc(C)s1)NC1CCCN(Cc2ccccc2)C1. The number of benzene rings is 1. The molecule has 1 fully saturated rings. The van der Waals surface area contributed by atoms with E-state index in [4.69, 9.17) is 0 Å². The van der Waals surface area contributed by atoms with Crippen LogP contribution in [-0.4, -0.2) is 48.6 Å². The van der Waals surface area contributed by atoms with Gasteiger partial charge in [0.15, 0.2) is 5.96 Å². The predicted molar refractivity (Wildman–Crippen MR) is 110 cm³/mol. The zero-order valence-corrected chi connectivity index (χ0v) is 16.6. The minimum atomic E-state index is 0.445. The average molecular weight is 372 g/mol. The van der Waals surface area contributed by atoms with Crippen LogP contribution in [0.3, 0.4) is 0 Å². The first kappa shape index (κ1) is 18.9. The van der Waals surface area contributed by atoms with E-state index in [0.29, 0.717) is 6.04 Å². The van der Waals surface area contributed by atoms with Crippen molar-refractivity contribution in [3.05, 3.63) is 52.0 Å². The van der Waals surface area contributed by atoms with E-state index >= 15 is 0 Å². The van der Waals surface area contributed by atoms with Crippen LogP contribution in [0.2, 0.25) is 0 Å². The summed E-state index contributed by atoms with van der Waals surface area (Å²) < 4.78 is 0. The van der Waals surface area contributed by atoms with Gasteiger partial charge in [-0.15, -0.1) is 11.3 Å². The van der Waals surface area contributed by atoms with Gasteiger partial charge in [-0.1, -0.05) is 30.3 Å². The molecule has 0 aliphatic carbocycles. The predicted octanol–water partition coefficient (Wildman–Crippen LogP) is 2.82. The minimum absolute atomic E-state index is 0.445. The molecular weight excluding hydrogens is 342 g/mol. The van der Waals surface area contributed by atoms with Crippen LogP contribution in [0.1, 0.15) is 28.3 Å². The highest BCUT2D eigenvalue weighted by molar-refractivity contribution is 7.11. The standard InChI is InChI=1S/C20H29N5S/c1-16-13-23-19(26-16)10-11-22-20(21-2)24-18-9-6-12-25(15-18)14-17-7-4-3-5-8-17/h3-5,7-8,13,18H,6,9-12,14-15H2,1-2H3,(H2,21,22,24). The van der Waals surface area contributed by atoms with E-state index in [1.54, 1.807) is 11.3 Å². The Labute approximate surface area is 160 Å². The van der Waals surface area contributed by atoms with Gasteiger partial charge in [-0.25, -0.2) is 4.98 Å². The van der Waals surface area contributed by atoms with Gasteiger partial charge in [0.2, 0.25) is 0 Å². The van der Waals surface area contributed by atoms with Crippen molar-refractivity contribution in [1.82, 2.24) is 20.5 Å². The lowest BCUT2D eigenvalue weighted by atomic mass is 10.0. The molecule has 0 amide bonds. The van der Waals surface area contributed by atoms with Crippen molar-refractivity contribution in [1.29, 1.82) is 0 Å². The minimum Gasteiger partial charge on any atom is -0.356 e. The van der Waals surface area contributed by atoms with Crippen LogP contribution in [-0.2, 0) is 13.0 Å². The molecule has 0 radical (unpaired) electrons. The molecule has 2 aromatic rings. The Kier molecular flexibility index (Phi) is 7.03. The summed E-state index contributed by atoms with van der Waals surface area (Å²) in [5, 5.41) is 8.20. The first-order valence-corrected chi connectivity index (χ1v) is 10.2. The zero-order chi connectivity index (χ0) is 18.2. The zero-order valence-electron chi connectivity index (χ0n) is 15.7. The van der Waals surface area contributed by atoms with Crippen molar-refractivity contribution >= 4 is 17.3 Å². The molecule has 2 N–H and O–H groups in total. The molecule has 1 atom stereocenters. The first-order chi connectivity index (χ1) is 12.7. The van der Waals surface area contributed by atoms with Gasteiger partial charge in [0, 0.05) is 50.2 Å². The number of nitrogens with zero attached hydrogens (tertiary/aromatic N) is 3. The van der Waals surface area contributed by atoms with Crippen LogP contribution >= 0.6 is 11.3 Å². The van der Waals surface area contributed by atoms with Crippen LogP contribution in [0.15, 0.2) is 41.5 Å². The van der Waals surface area contributed by atoms with E-state index in [-0.39, 0.29) is 0 Å². The Hall–Kier alpha value is -1.92. The first-order valence-electron chi connectivity index (χ1n) is 9.37. The molecule has 0 saturated carbocycles. The van der Waals surface area contributed by atoms with Gasteiger partial charge in [-0.05, 0) is 31.9 Å². The van der Waals surface area contributed by atoms with Crippen LogP contribution in [0.5, 0.6) is 0 Å². The van der Waals surface area contributed by atoms with Crippen LogP contribution in [0, 0.1) is 6.92 Å². The molecule has 1 aromatic carbocycles. The number of rotatable bonds is 6. The smallest absolute Gasteiger partial charge is 0.191 e. The highest BCUT2D eigenvalue weighted by atomic mass is 32.1. The monoisotopic (exact) mass is 371 g/mol. The summed E-state index contributed by atoms with van der Waals surface area (Å²) in [4.78, 5) is 12.6. The summed E-state index contributed by atoms with van der Waals surface area (Å²) in [6.07, 6.45) is 5.29. The molecule has 26 heavy (non-hydrogen) atoms. The molecule has 3 rings (SSSR count). The summed E-state index contributed by atoms with van der Waals surface area (Å²) >= 11 is 1.77. The Morgan fingerprint density at radius 1 is 1.35 bits per heavy atom. The number of aromatic nitrogens is 1. The summed E-state index contributed by atoms with van der Waals surface area (Å²) in [5.41, 5.74) is 1.38. The number of hydrogen-bond donors (Lipinski definition) is 2. The number of nitrogens with one attached hydrogen (secondary N) is 2. The summed E-state index contributed by atoms with van der Waals surface area (Å²) in [6.45, 7) is 6.20. The van der Waals surface area contributed by atoms with Crippen molar-refractivity contribution in [2.24, 2.45) is 4.99 Å². The van der Waals surface area contributed by atoms with Crippen LogP contribution in [0.25, 0.3) is 0 Å². The number of guanidine groups is 1. The summed E-state index contributed by atoms with van der Waals surface area (Å²) in [7, 11) is 1.84. The highest BCUT2D eigenvalue weighted by Gasteiger charge is 2.20. The third-order valence-corrected chi connectivity index (χ3v) is 5.59. The third-order valence-electron chi connectivity index (χ3n) is 4.62. The van der Waals surface area contributed by atoms with Crippen molar-refractivity contribution in [2.75, 3.05) is 26.7 Å². The Balaban J connectivity index is 1.43. The maximum atomic E-state index is 4.42. The molecule has 1 saturated heterocycles. The Morgan fingerprint density at radius 2 is 2.19 bits per heavy atom. The molecule has 2 heterocycles. The number of piperidine rings is 1. The van der Waals surface area contributed by atoms with Gasteiger partial charge >= 0.3 is 0 Å². The second-order valence-corrected chi connectivity index (χ2v) is 8.14. The fraction of sp³-hybridized carbons (Fsp3) is 0.500. The lowest BCUT2D eigenvalue weighted by molar-refractivity contribution is 0.192.